The molecule has 0 saturated heterocycles. The summed E-state index contributed by atoms with van der Waals surface area (Å²) in [6.45, 7) is 8.70. The van der Waals surface area contributed by atoms with Crippen molar-refractivity contribution < 1.29 is 4.42 Å². The van der Waals surface area contributed by atoms with E-state index in [1.54, 1.807) is 0 Å². The highest BCUT2D eigenvalue weighted by Crippen LogP contribution is 2.36. The number of furan rings is 1. The number of aromatic nitrogens is 2. The van der Waals surface area contributed by atoms with Crippen molar-refractivity contribution in [3.05, 3.63) is 83.6 Å². The first kappa shape index (κ1) is 19.5. The summed E-state index contributed by atoms with van der Waals surface area (Å²) in [5, 5.41) is 2.10. The highest BCUT2D eigenvalue weighted by atomic mass is 16.3. The van der Waals surface area contributed by atoms with E-state index in [-0.39, 0.29) is 0 Å². The van der Waals surface area contributed by atoms with E-state index in [9.17, 15) is 0 Å². The number of nitrogens with zero attached hydrogens (tertiary/aromatic N) is 2. The molecule has 0 unspecified atom stereocenters. The molecule has 154 valence electrons. The van der Waals surface area contributed by atoms with E-state index in [0.717, 1.165) is 39.7 Å². The van der Waals surface area contributed by atoms with Gasteiger partial charge in [-0.15, -0.1) is 0 Å². The maximum Gasteiger partial charge on any atom is 0.227 e. The Morgan fingerprint density at radius 2 is 1.55 bits per heavy atom. The smallest absolute Gasteiger partial charge is 0.227 e. The second-order valence-electron chi connectivity index (χ2n) is 8.75. The van der Waals surface area contributed by atoms with Crippen molar-refractivity contribution in [1.29, 1.82) is 0 Å². The number of benzene rings is 2. The van der Waals surface area contributed by atoms with Crippen LogP contribution >= 0.6 is 0 Å². The van der Waals surface area contributed by atoms with Gasteiger partial charge in [-0.1, -0.05) is 50.2 Å². The van der Waals surface area contributed by atoms with Crippen LogP contribution in [-0.4, -0.2) is 9.97 Å². The lowest BCUT2D eigenvalue weighted by atomic mass is 9.99. The Morgan fingerprint density at radius 1 is 0.806 bits per heavy atom. The molecule has 0 amide bonds. The molecule has 0 N–H and O–H groups in total. The molecule has 0 aliphatic rings. The van der Waals surface area contributed by atoms with Gasteiger partial charge in [-0.2, -0.15) is 0 Å². The minimum atomic E-state index is 0.614. The number of pyridine rings is 2. The Labute approximate surface area is 182 Å². The van der Waals surface area contributed by atoms with Crippen molar-refractivity contribution in [3.8, 4) is 22.5 Å². The van der Waals surface area contributed by atoms with Crippen LogP contribution < -0.4 is 0 Å². The van der Waals surface area contributed by atoms with E-state index in [1.807, 2.05) is 6.20 Å². The molecular weight excluding hydrogens is 380 g/mol. The molecule has 0 atom stereocenters. The van der Waals surface area contributed by atoms with Gasteiger partial charge in [-0.25, -0.2) is 4.98 Å². The van der Waals surface area contributed by atoms with Gasteiger partial charge in [0.1, 0.15) is 5.58 Å². The second-order valence-corrected chi connectivity index (χ2v) is 8.75. The Morgan fingerprint density at radius 3 is 2.26 bits per heavy atom. The zero-order valence-electron chi connectivity index (χ0n) is 18.4. The molecule has 3 nitrogen and oxygen atoms in total. The highest BCUT2D eigenvalue weighted by Gasteiger charge is 2.16. The first-order valence-electron chi connectivity index (χ1n) is 10.9. The van der Waals surface area contributed by atoms with Gasteiger partial charge < -0.3 is 4.42 Å². The number of hydrogen-bond acceptors (Lipinski definition) is 3. The molecule has 0 aliphatic carbocycles. The molecule has 2 aromatic carbocycles. The summed E-state index contributed by atoms with van der Waals surface area (Å²) in [6, 6.07) is 21.0. The van der Waals surface area contributed by atoms with Crippen LogP contribution in [-0.2, 0) is 6.42 Å². The van der Waals surface area contributed by atoms with Gasteiger partial charge in [0.2, 0.25) is 5.71 Å². The molecular formula is C28H26N2O. The predicted molar refractivity (Wildman–Crippen MR) is 128 cm³/mol. The Bertz CT molecular complexity index is 1370. The molecule has 3 heteroatoms. The van der Waals surface area contributed by atoms with Crippen LogP contribution in [0.4, 0.5) is 0 Å². The SMILES string of the molecule is Cc1cccc(C)c1-c1ccc2c(n1)oc1c(-c3ccc(CC(C)C)cn3)cccc12. The molecule has 5 rings (SSSR count). The summed E-state index contributed by atoms with van der Waals surface area (Å²) in [7, 11) is 0. The minimum Gasteiger partial charge on any atom is -0.437 e. The van der Waals surface area contributed by atoms with Crippen molar-refractivity contribution in [3.63, 3.8) is 0 Å². The lowest BCUT2D eigenvalue weighted by Crippen LogP contribution is -1.95. The van der Waals surface area contributed by atoms with Crippen LogP contribution in [0.5, 0.6) is 0 Å². The highest BCUT2D eigenvalue weighted by molar-refractivity contribution is 6.08. The largest absolute Gasteiger partial charge is 0.437 e. The van der Waals surface area contributed by atoms with Gasteiger partial charge in [0.25, 0.3) is 0 Å². The van der Waals surface area contributed by atoms with Crippen LogP contribution in [0.15, 0.2) is 71.3 Å². The van der Waals surface area contributed by atoms with E-state index in [2.05, 4.69) is 88.4 Å². The van der Waals surface area contributed by atoms with E-state index in [0.29, 0.717) is 11.6 Å². The van der Waals surface area contributed by atoms with Crippen molar-refractivity contribution in [1.82, 2.24) is 9.97 Å². The zero-order valence-corrected chi connectivity index (χ0v) is 18.4. The minimum absolute atomic E-state index is 0.614. The maximum atomic E-state index is 6.32. The Kier molecular flexibility index (Phi) is 4.82. The zero-order chi connectivity index (χ0) is 21.5. The van der Waals surface area contributed by atoms with Gasteiger partial charge in [-0.3, -0.25) is 4.98 Å². The van der Waals surface area contributed by atoms with Crippen molar-refractivity contribution in [2.24, 2.45) is 5.92 Å². The molecule has 0 radical (unpaired) electrons. The fraction of sp³-hybridized carbons (Fsp3) is 0.214. The summed E-state index contributed by atoms with van der Waals surface area (Å²) < 4.78 is 6.32. The third kappa shape index (κ3) is 3.50. The number of rotatable bonds is 4. The van der Waals surface area contributed by atoms with Crippen LogP contribution in [0.3, 0.4) is 0 Å². The van der Waals surface area contributed by atoms with Crippen LogP contribution in [0.2, 0.25) is 0 Å². The van der Waals surface area contributed by atoms with Crippen molar-refractivity contribution in [2.75, 3.05) is 0 Å². The Hall–Kier alpha value is -3.46. The third-order valence-corrected chi connectivity index (χ3v) is 5.85. The fourth-order valence-electron chi connectivity index (χ4n) is 4.41. The molecule has 0 spiro atoms. The molecule has 5 aromatic rings. The third-order valence-electron chi connectivity index (χ3n) is 5.85. The monoisotopic (exact) mass is 406 g/mol. The summed E-state index contributed by atoms with van der Waals surface area (Å²) in [5.41, 5.74) is 9.24. The molecule has 0 bridgehead atoms. The van der Waals surface area contributed by atoms with Gasteiger partial charge in [0.15, 0.2) is 0 Å². The summed E-state index contributed by atoms with van der Waals surface area (Å²) in [4.78, 5) is 9.63. The van der Waals surface area contributed by atoms with Crippen LogP contribution in [0, 0.1) is 19.8 Å². The number of aryl methyl sites for hydroxylation is 2. The van der Waals surface area contributed by atoms with Gasteiger partial charge >= 0.3 is 0 Å². The van der Waals surface area contributed by atoms with Crippen molar-refractivity contribution in [2.45, 2.75) is 34.1 Å². The summed E-state index contributed by atoms with van der Waals surface area (Å²) in [6.07, 6.45) is 3.02. The number of para-hydroxylation sites is 1. The molecule has 31 heavy (non-hydrogen) atoms. The fourth-order valence-corrected chi connectivity index (χ4v) is 4.41. The quantitative estimate of drug-likeness (QED) is 0.310. The summed E-state index contributed by atoms with van der Waals surface area (Å²) >= 11 is 0. The predicted octanol–water partition coefficient (Wildman–Crippen LogP) is 7.53. The molecule has 0 aliphatic heterocycles. The normalized spacial score (nSPS) is 11.6. The van der Waals surface area contributed by atoms with Gasteiger partial charge in [0, 0.05) is 28.1 Å². The second kappa shape index (κ2) is 7.66. The number of hydrogen-bond donors (Lipinski definition) is 0. The van der Waals surface area contributed by atoms with Crippen molar-refractivity contribution >= 4 is 22.1 Å². The van der Waals surface area contributed by atoms with Crippen LogP contribution in [0.25, 0.3) is 44.6 Å². The number of fused-ring (bicyclic) bond motifs is 3. The standard InChI is InChI=1S/C28H26N2O/c1-17(2)15-20-11-13-24(29-16-20)23-10-6-9-21-22-12-14-25(30-28(22)31-27(21)23)26-18(3)7-5-8-19(26)4/h5-14,16-17H,15H2,1-4H3. The van der Waals surface area contributed by atoms with E-state index >= 15 is 0 Å². The summed E-state index contributed by atoms with van der Waals surface area (Å²) in [5.74, 6) is 0.614. The van der Waals surface area contributed by atoms with Crippen LogP contribution in [0.1, 0.15) is 30.5 Å². The average molecular weight is 407 g/mol. The van der Waals surface area contributed by atoms with Gasteiger partial charge in [-0.05, 0) is 67.1 Å². The lowest BCUT2D eigenvalue weighted by molar-refractivity contribution is 0.645. The molecule has 3 heterocycles. The molecule has 0 saturated carbocycles. The van der Waals surface area contributed by atoms with E-state index in [4.69, 9.17) is 14.4 Å². The molecule has 3 aromatic heterocycles. The first-order valence-corrected chi connectivity index (χ1v) is 10.9. The topological polar surface area (TPSA) is 38.9 Å². The molecule has 0 fully saturated rings. The average Bonchev–Trinajstić information content (AvgIpc) is 3.12. The first-order chi connectivity index (χ1) is 15.0. The maximum absolute atomic E-state index is 6.32. The lowest BCUT2D eigenvalue weighted by Gasteiger charge is -2.08. The van der Waals surface area contributed by atoms with E-state index in [1.165, 1.54) is 22.3 Å². The Balaban J connectivity index is 1.64. The van der Waals surface area contributed by atoms with Gasteiger partial charge in [0.05, 0.1) is 11.4 Å². The van der Waals surface area contributed by atoms with E-state index < -0.39 is 0 Å².